The lowest BCUT2D eigenvalue weighted by Gasteiger charge is -2.14. The number of nitro groups is 1. The van der Waals surface area contributed by atoms with Gasteiger partial charge in [0.1, 0.15) is 0 Å². The second kappa shape index (κ2) is 7.08. The molecule has 0 saturated carbocycles. The van der Waals surface area contributed by atoms with Crippen molar-refractivity contribution < 1.29 is 14.4 Å². The fourth-order valence-electron chi connectivity index (χ4n) is 2.89. The SMILES string of the molecule is O=[N+]([O-])c1cc2c(cc1Cc1nc(C(Cl)(Cl)Cl)nc3ccc(Cl)cc13)OCO2. The number of hydrogen-bond acceptors (Lipinski definition) is 6. The highest BCUT2D eigenvalue weighted by atomic mass is 35.6. The third-order valence-corrected chi connectivity index (χ3v) is 4.86. The minimum atomic E-state index is -1.86. The van der Waals surface area contributed by atoms with Gasteiger partial charge in [-0.15, -0.1) is 0 Å². The summed E-state index contributed by atoms with van der Waals surface area (Å²) < 4.78 is 8.70. The summed E-state index contributed by atoms with van der Waals surface area (Å²) in [5.74, 6) is 0.692. The van der Waals surface area contributed by atoms with Gasteiger partial charge in [-0.3, -0.25) is 10.1 Å². The fraction of sp³-hybridized carbons (Fsp3) is 0.176. The van der Waals surface area contributed by atoms with Crippen molar-refractivity contribution in [2.75, 3.05) is 6.79 Å². The van der Waals surface area contributed by atoms with Crippen LogP contribution >= 0.6 is 46.4 Å². The van der Waals surface area contributed by atoms with E-state index in [0.717, 1.165) is 0 Å². The van der Waals surface area contributed by atoms with Gasteiger partial charge in [0.25, 0.3) is 5.69 Å². The Morgan fingerprint density at radius 1 is 1.11 bits per heavy atom. The van der Waals surface area contributed by atoms with Gasteiger partial charge in [-0.25, -0.2) is 9.97 Å². The summed E-state index contributed by atoms with van der Waals surface area (Å²) in [4.78, 5) is 19.7. The van der Waals surface area contributed by atoms with E-state index in [9.17, 15) is 10.1 Å². The average molecular weight is 461 g/mol. The van der Waals surface area contributed by atoms with Gasteiger partial charge in [0, 0.05) is 22.4 Å². The van der Waals surface area contributed by atoms with Crippen LogP contribution in [0.15, 0.2) is 30.3 Å². The maximum Gasteiger partial charge on any atom is 0.276 e. The molecule has 0 radical (unpaired) electrons. The molecule has 2 heterocycles. The highest BCUT2D eigenvalue weighted by Crippen LogP contribution is 2.40. The van der Waals surface area contributed by atoms with Crippen molar-refractivity contribution in [3.63, 3.8) is 0 Å². The van der Waals surface area contributed by atoms with E-state index in [1.807, 2.05) is 0 Å². The molecule has 1 aliphatic heterocycles. The maximum absolute atomic E-state index is 11.5. The lowest BCUT2D eigenvalue weighted by atomic mass is 10.0. The van der Waals surface area contributed by atoms with Gasteiger partial charge in [0.15, 0.2) is 17.3 Å². The molecule has 0 spiro atoms. The first-order valence-electron chi connectivity index (χ1n) is 7.82. The Bertz CT molecular complexity index is 1120. The molecule has 0 aliphatic carbocycles. The minimum absolute atomic E-state index is 0.000597. The van der Waals surface area contributed by atoms with Crippen molar-refractivity contribution >= 4 is 63.0 Å². The van der Waals surface area contributed by atoms with Gasteiger partial charge in [-0.1, -0.05) is 46.4 Å². The molecule has 7 nitrogen and oxygen atoms in total. The van der Waals surface area contributed by atoms with Gasteiger partial charge < -0.3 is 9.47 Å². The van der Waals surface area contributed by atoms with Crippen LogP contribution in [0.3, 0.4) is 0 Å². The smallest absolute Gasteiger partial charge is 0.276 e. The molecular formula is C17H9Cl4N3O4. The molecule has 4 rings (SSSR count). The lowest BCUT2D eigenvalue weighted by molar-refractivity contribution is -0.385. The Balaban J connectivity index is 1.90. The summed E-state index contributed by atoms with van der Waals surface area (Å²) in [5, 5.41) is 12.6. The van der Waals surface area contributed by atoms with Crippen molar-refractivity contribution in [1.82, 2.24) is 9.97 Å². The third-order valence-electron chi connectivity index (χ3n) is 4.12. The zero-order valence-corrected chi connectivity index (χ0v) is 16.8. The maximum atomic E-state index is 11.5. The molecule has 1 aromatic heterocycles. The number of ether oxygens (including phenoxy) is 2. The molecule has 2 aromatic carbocycles. The number of benzene rings is 2. The van der Waals surface area contributed by atoms with E-state index < -0.39 is 8.72 Å². The topological polar surface area (TPSA) is 87.4 Å². The first-order valence-corrected chi connectivity index (χ1v) is 9.34. The average Bonchev–Trinajstić information content (AvgIpc) is 3.07. The standard InChI is InChI=1S/C17H9Cl4N3O4/c18-9-1-2-11-10(5-9)12(23-16(22-11)17(19,20)21)3-8-4-14-15(28-7-27-14)6-13(8)24(25)26/h1-2,4-6H,3,7H2. The fourth-order valence-corrected chi connectivity index (χ4v) is 3.32. The van der Waals surface area contributed by atoms with E-state index in [1.165, 1.54) is 6.07 Å². The van der Waals surface area contributed by atoms with Crippen molar-refractivity contribution in [3.8, 4) is 11.5 Å². The molecule has 0 atom stereocenters. The zero-order chi connectivity index (χ0) is 20.1. The van der Waals surface area contributed by atoms with E-state index in [2.05, 4.69) is 9.97 Å². The van der Waals surface area contributed by atoms with E-state index in [1.54, 1.807) is 24.3 Å². The predicted molar refractivity (Wildman–Crippen MR) is 106 cm³/mol. The van der Waals surface area contributed by atoms with Crippen molar-refractivity contribution in [1.29, 1.82) is 0 Å². The van der Waals surface area contributed by atoms with E-state index >= 15 is 0 Å². The predicted octanol–water partition coefficient (Wildman–Crippen LogP) is 5.34. The molecule has 3 aromatic rings. The van der Waals surface area contributed by atoms with Gasteiger partial charge in [0.05, 0.1) is 22.2 Å². The van der Waals surface area contributed by atoms with Gasteiger partial charge in [0.2, 0.25) is 10.6 Å². The molecule has 144 valence electrons. The van der Waals surface area contributed by atoms with Crippen LogP contribution in [-0.4, -0.2) is 21.7 Å². The monoisotopic (exact) mass is 459 g/mol. The number of aromatic nitrogens is 2. The van der Waals surface area contributed by atoms with Crippen LogP contribution in [0.25, 0.3) is 10.9 Å². The minimum Gasteiger partial charge on any atom is -0.454 e. The van der Waals surface area contributed by atoms with Crippen LogP contribution in [0.4, 0.5) is 5.69 Å². The first-order chi connectivity index (χ1) is 13.2. The first kappa shape index (κ1) is 19.3. The molecule has 0 unspecified atom stereocenters. The zero-order valence-electron chi connectivity index (χ0n) is 13.8. The van der Waals surface area contributed by atoms with Gasteiger partial charge in [-0.2, -0.15) is 0 Å². The molecule has 1 aliphatic rings. The summed E-state index contributed by atoms with van der Waals surface area (Å²) in [6.45, 7) is -0.000597. The number of hydrogen-bond donors (Lipinski definition) is 0. The number of halogens is 4. The van der Waals surface area contributed by atoms with Gasteiger partial charge >= 0.3 is 0 Å². The molecule has 0 fully saturated rings. The number of nitro benzene ring substituents is 1. The quantitative estimate of drug-likeness (QED) is 0.298. The Labute approximate surface area is 178 Å². The normalized spacial score (nSPS) is 13.1. The molecule has 0 bridgehead atoms. The molecule has 11 heteroatoms. The van der Waals surface area contributed by atoms with Crippen LogP contribution in [-0.2, 0) is 10.2 Å². The Hall–Kier alpha value is -2.06. The summed E-state index contributed by atoms with van der Waals surface area (Å²) in [5.41, 5.74) is 1.16. The van der Waals surface area contributed by atoms with E-state index in [4.69, 9.17) is 55.9 Å². The Morgan fingerprint density at radius 3 is 2.50 bits per heavy atom. The van der Waals surface area contributed by atoms with Gasteiger partial charge in [-0.05, 0) is 24.3 Å². The van der Waals surface area contributed by atoms with Crippen LogP contribution < -0.4 is 9.47 Å². The molecular weight excluding hydrogens is 452 g/mol. The van der Waals surface area contributed by atoms with Crippen molar-refractivity contribution in [3.05, 3.63) is 62.6 Å². The number of alkyl halides is 3. The van der Waals surface area contributed by atoms with Crippen LogP contribution in [0.5, 0.6) is 11.5 Å². The summed E-state index contributed by atoms with van der Waals surface area (Å²) in [6.07, 6.45) is 0.0695. The summed E-state index contributed by atoms with van der Waals surface area (Å²) in [6, 6.07) is 7.84. The summed E-state index contributed by atoms with van der Waals surface area (Å²) in [7, 11) is 0. The Kier molecular flexibility index (Phi) is 4.87. The highest BCUT2D eigenvalue weighted by molar-refractivity contribution is 6.66. The van der Waals surface area contributed by atoms with Crippen LogP contribution in [0.1, 0.15) is 17.1 Å². The molecule has 0 N–H and O–H groups in total. The van der Waals surface area contributed by atoms with E-state index in [-0.39, 0.29) is 24.7 Å². The van der Waals surface area contributed by atoms with E-state index in [0.29, 0.717) is 38.7 Å². The van der Waals surface area contributed by atoms with Crippen molar-refractivity contribution in [2.24, 2.45) is 0 Å². The van der Waals surface area contributed by atoms with Crippen LogP contribution in [0, 0.1) is 10.1 Å². The second-order valence-electron chi connectivity index (χ2n) is 5.92. The Morgan fingerprint density at radius 2 is 1.82 bits per heavy atom. The van der Waals surface area contributed by atoms with Crippen LogP contribution in [0.2, 0.25) is 5.02 Å². The molecule has 28 heavy (non-hydrogen) atoms. The summed E-state index contributed by atoms with van der Waals surface area (Å²) >= 11 is 24.0. The third kappa shape index (κ3) is 3.63. The number of nitrogens with zero attached hydrogens (tertiary/aromatic N) is 3. The number of fused-ring (bicyclic) bond motifs is 2. The molecule has 0 amide bonds. The highest BCUT2D eigenvalue weighted by Gasteiger charge is 2.29. The number of rotatable bonds is 3. The largest absolute Gasteiger partial charge is 0.454 e. The lowest BCUT2D eigenvalue weighted by Crippen LogP contribution is -2.10. The van der Waals surface area contributed by atoms with Crippen molar-refractivity contribution in [2.45, 2.75) is 10.2 Å². The second-order valence-corrected chi connectivity index (χ2v) is 8.64. The molecule has 0 saturated heterocycles.